The lowest BCUT2D eigenvalue weighted by Crippen LogP contribution is -2.37. The van der Waals surface area contributed by atoms with Crippen LogP contribution >= 0.6 is 23.4 Å². The van der Waals surface area contributed by atoms with Gasteiger partial charge in [0, 0.05) is 28.0 Å². The molecule has 0 fully saturated rings. The average molecular weight is 363 g/mol. The molecule has 0 spiro atoms. The van der Waals surface area contributed by atoms with Gasteiger partial charge in [-0.05, 0) is 38.1 Å². The summed E-state index contributed by atoms with van der Waals surface area (Å²) < 4.78 is 5.49. The van der Waals surface area contributed by atoms with E-state index in [1.54, 1.807) is 13.3 Å². The van der Waals surface area contributed by atoms with Crippen molar-refractivity contribution in [2.45, 2.75) is 19.3 Å². The van der Waals surface area contributed by atoms with Gasteiger partial charge in [-0.2, -0.15) is 0 Å². The summed E-state index contributed by atoms with van der Waals surface area (Å²) in [5.74, 6) is 1.40. The lowest BCUT2D eigenvalue weighted by atomic mass is 10.1. The summed E-state index contributed by atoms with van der Waals surface area (Å²) >= 11 is 7.44. The molecule has 1 atom stereocenters. The minimum Gasteiger partial charge on any atom is -0.496 e. The molecule has 1 aromatic heterocycles. The highest BCUT2D eigenvalue weighted by Crippen LogP contribution is 2.44. The van der Waals surface area contributed by atoms with Crippen molar-refractivity contribution in [2.75, 3.05) is 12.0 Å². The molecule has 24 heavy (non-hydrogen) atoms. The zero-order valence-electron chi connectivity index (χ0n) is 13.7. The van der Waals surface area contributed by atoms with E-state index in [4.69, 9.17) is 27.8 Å². The zero-order chi connectivity index (χ0) is 17.4. The third kappa shape index (κ3) is 2.81. The quantitative estimate of drug-likeness (QED) is 0.870. The van der Waals surface area contributed by atoms with Crippen LogP contribution in [-0.2, 0) is 0 Å². The van der Waals surface area contributed by atoms with Crippen LogP contribution < -0.4 is 21.1 Å². The Morgan fingerprint density at radius 3 is 2.54 bits per heavy atom. The molecule has 0 radical (unpaired) electrons. The second-order valence-electron chi connectivity index (χ2n) is 5.52. The predicted octanol–water partition coefficient (Wildman–Crippen LogP) is 3.44. The van der Waals surface area contributed by atoms with Crippen LogP contribution in [0.4, 0.5) is 5.69 Å². The molecule has 0 bridgehead atoms. The van der Waals surface area contributed by atoms with Gasteiger partial charge in [-0.15, -0.1) is 0 Å². The summed E-state index contributed by atoms with van der Waals surface area (Å²) in [7, 11) is 1.66. The van der Waals surface area contributed by atoms with Gasteiger partial charge in [-0.3, -0.25) is 4.98 Å². The SMILES string of the molecule is COc1c(C)cnc(C2=C(N)N(c3ccc(Cl)cc3)C(N)S2)c1C. The van der Waals surface area contributed by atoms with Gasteiger partial charge in [0.2, 0.25) is 0 Å². The number of pyridine rings is 1. The van der Waals surface area contributed by atoms with Crippen LogP contribution in [-0.4, -0.2) is 17.6 Å². The average Bonchev–Trinajstić information content (AvgIpc) is 2.84. The maximum absolute atomic E-state index is 6.41. The van der Waals surface area contributed by atoms with Crippen LogP contribution in [0.5, 0.6) is 5.75 Å². The summed E-state index contributed by atoms with van der Waals surface area (Å²) in [5, 5.41) is 0.669. The Labute approximate surface area is 150 Å². The van der Waals surface area contributed by atoms with Crippen LogP contribution in [0.25, 0.3) is 4.91 Å². The van der Waals surface area contributed by atoms with E-state index in [1.165, 1.54) is 11.8 Å². The molecule has 0 amide bonds. The molecule has 0 saturated carbocycles. The van der Waals surface area contributed by atoms with Gasteiger partial charge in [0.15, 0.2) is 0 Å². The zero-order valence-corrected chi connectivity index (χ0v) is 15.3. The lowest BCUT2D eigenvalue weighted by Gasteiger charge is -2.23. The van der Waals surface area contributed by atoms with Crippen molar-refractivity contribution in [1.29, 1.82) is 0 Å². The van der Waals surface area contributed by atoms with Crippen LogP contribution in [0.15, 0.2) is 36.3 Å². The fourth-order valence-electron chi connectivity index (χ4n) is 2.81. The number of nitrogens with zero attached hydrogens (tertiary/aromatic N) is 2. The number of hydrogen-bond donors (Lipinski definition) is 2. The van der Waals surface area contributed by atoms with Gasteiger partial charge >= 0.3 is 0 Å². The molecule has 2 heterocycles. The molecule has 3 rings (SSSR count). The van der Waals surface area contributed by atoms with Crippen molar-refractivity contribution in [3.05, 3.63) is 58.1 Å². The highest BCUT2D eigenvalue weighted by atomic mass is 35.5. The maximum Gasteiger partial charge on any atom is 0.136 e. The standard InChI is InChI=1S/C17H19ClN4OS/c1-9-8-21-13(10(2)14(9)23-3)15-16(19)22(17(20)24-15)12-6-4-11(18)5-7-12/h4-8,17H,19-20H2,1-3H3. The Balaban J connectivity index is 2.07. The normalized spacial score (nSPS) is 17.5. The number of rotatable bonds is 3. The first-order valence-electron chi connectivity index (χ1n) is 7.41. The molecule has 1 aliphatic heterocycles. The minimum atomic E-state index is -0.324. The molecule has 1 aliphatic rings. The smallest absolute Gasteiger partial charge is 0.136 e. The first kappa shape index (κ1) is 17.0. The fourth-order valence-corrected chi connectivity index (χ4v) is 4.05. The number of nitrogens with two attached hydrogens (primary N) is 2. The van der Waals surface area contributed by atoms with Crippen LogP contribution in [0.3, 0.4) is 0 Å². The van der Waals surface area contributed by atoms with Gasteiger partial charge in [-0.1, -0.05) is 23.4 Å². The summed E-state index contributed by atoms with van der Waals surface area (Å²) in [5.41, 5.74) is 16.0. The first-order valence-corrected chi connectivity index (χ1v) is 8.67. The van der Waals surface area contributed by atoms with E-state index < -0.39 is 0 Å². The van der Waals surface area contributed by atoms with Gasteiger partial charge < -0.3 is 21.1 Å². The number of thioether (sulfide) groups is 1. The van der Waals surface area contributed by atoms with Crippen LogP contribution in [0, 0.1) is 13.8 Å². The molecule has 7 heteroatoms. The monoisotopic (exact) mass is 362 g/mol. The number of ether oxygens (including phenoxy) is 1. The van der Waals surface area contributed by atoms with Gasteiger partial charge in [-0.25, -0.2) is 0 Å². The highest BCUT2D eigenvalue weighted by molar-refractivity contribution is 8.09. The number of halogens is 1. The molecule has 5 nitrogen and oxygen atoms in total. The molecule has 1 aromatic carbocycles. The number of aromatic nitrogens is 1. The van der Waals surface area contributed by atoms with Crippen molar-refractivity contribution < 1.29 is 4.74 Å². The van der Waals surface area contributed by atoms with E-state index in [2.05, 4.69) is 4.98 Å². The number of benzene rings is 1. The number of aryl methyl sites for hydroxylation is 1. The Bertz CT molecular complexity index is 807. The fraction of sp³-hybridized carbons (Fsp3) is 0.235. The molecule has 0 saturated heterocycles. The van der Waals surface area contributed by atoms with E-state index >= 15 is 0 Å². The molecule has 126 valence electrons. The number of anilines is 1. The van der Waals surface area contributed by atoms with Crippen LogP contribution in [0.2, 0.25) is 5.02 Å². The molecule has 1 unspecified atom stereocenters. The predicted molar refractivity (Wildman–Crippen MR) is 101 cm³/mol. The van der Waals surface area contributed by atoms with Crippen molar-refractivity contribution in [2.24, 2.45) is 11.5 Å². The topological polar surface area (TPSA) is 77.4 Å². The van der Waals surface area contributed by atoms with Gasteiger partial charge in [0.05, 0.1) is 17.7 Å². The Morgan fingerprint density at radius 2 is 1.92 bits per heavy atom. The third-order valence-corrected chi connectivity index (χ3v) is 5.29. The summed E-state index contributed by atoms with van der Waals surface area (Å²) in [6.45, 7) is 3.94. The summed E-state index contributed by atoms with van der Waals surface area (Å²) in [6, 6.07) is 7.43. The van der Waals surface area contributed by atoms with Gasteiger partial charge in [0.25, 0.3) is 0 Å². The van der Waals surface area contributed by atoms with Crippen molar-refractivity contribution in [3.63, 3.8) is 0 Å². The van der Waals surface area contributed by atoms with Crippen molar-refractivity contribution in [1.82, 2.24) is 4.98 Å². The van der Waals surface area contributed by atoms with E-state index in [9.17, 15) is 0 Å². The third-order valence-electron chi connectivity index (χ3n) is 3.95. The van der Waals surface area contributed by atoms with Crippen molar-refractivity contribution >= 4 is 34.0 Å². The largest absolute Gasteiger partial charge is 0.496 e. The van der Waals surface area contributed by atoms with Gasteiger partial charge in [0.1, 0.15) is 17.1 Å². The summed E-state index contributed by atoms with van der Waals surface area (Å²) in [6.07, 6.45) is 1.79. The number of hydrogen-bond acceptors (Lipinski definition) is 6. The molecule has 0 aliphatic carbocycles. The van der Waals surface area contributed by atoms with E-state index in [0.29, 0.717) is 10.8 Å². The highest BCUT2D eigenvalue weighted by Gasteiger charge is 2.32. The Kier molecular flexibility index (Phi) is 4.62. The molecule has 4 N–H and O–H groups in total. The molecular weight excluding hydrogens is 344 g/mol. The van der Waals surface area contributed by atoms with E-state index in [-0.39, 0.29) is 5.50 Å². The lowest BCUT2D eigenvalue weighted by molar-refractivity contribution is 0.407. The number of methoxy groups -OCH3 is 1. The Hall–Kier alpha value is -1.89. The molecule has 2 aromatic rings. The molecular formula is C17H19ClN4OS. The second kappa shape index (κ2) is 6.55. The maximum atomic E-state index is 6.41. The second-order valence-corrected chi connectivity index (χ2v) is 7.08. The van der Waals surface area contributed by atoms with E-state index in [1.807, 2.05) is 43.0 Å². The first-order chi connectivity index (χ1) is 11.4. The van der Waals surface area contributed by atoms with E-state index in [0.717, 1.165) is 33.2 Å². The van der Waals surface area contributed by atoms with Crippen LogP contribution in [0.1, 0.15) is 16.8 Å². The summed E-state index contributed by atoms with van der Waals surface area (Å²) in [4.78, 5) is 7.29. The van der Waals surface area contributed by atoms with Crippen molar-refractivity contribution in [3.8, 4) is 5.75 Å². The Morgan fingerprint density at radius 1 is 1.25 bits per heavy atom. The minimum absolute atomic E-state index is 0.324.